The zero-order chi connectivity index (χ0) is 50.3. The van der Waals surface area contributed by atoms with Gasteiger partial charge in [0.2, 0.25) is 8.32 Å². The Kier molecular flexibility index (Phi) is 15.2. The summed E-state index contributed by atoms with van der Waals surface area (Å²) in [4.78, 5) is 66.7. The van der Waals surface area contributed by atoms with Crippen LogP contribution in [0.1, 0.15) is 55.3 Å². The lowest BCUT2D eigenvalue weighted by Crippen LogP contribution is -2.43. The maximum absolute atomic E-state index is 12.5. The fourth-order valence-corrected chi connectivity index (χ4v) is 9.69. The number of nitrogens with zero attached hydrogens (tertiary/aromatic N) is 4. The molecular formula is C51H52N8O8S2Si. The van der Waals surface area contributed by atoms with Gasteiger partial charge in [-0.1, -0.05) is 57.2 Å². The molecule has 16 nitrogen and oxygen atoms in total. The molecular weight excluding hydrogens is 945 g/mol. The van der Waals surface area contributed by atoms with Crippen LogP contribution in [-0.2, 0) is 14.3 Å². The van der Waals surface area contributed by atoms with Gasteiger partial charge in [0.25, 0.3) is 11.8 Å². The molecule has 0 aliphatic carbocycles. The summed E-state index contributed by atoms with van der Waals surface area (Å²) in [6.45, 7) is 14.1. The number of esters is 1. The quantitative estimate of drug-likeness (QED) is 0.0440. The van der Waals surface area contributed by atoms with E-state index in [4.69, 9.17) is 9.53 Å². The summed E-state index contributed by atoms with van der Waals surface area (Å²) in [5.74, 6) is -0.0248. The van der Waals surface area contributed by atoms with Crippen molar-refractivity contribution in [1.29, 1.82) is 0 Å². The number of carbonyl (C=O) groups excluding carboxylic acids is 3. The minimum Gasteiger partial charge on any atom is -0.543 e. The minimum atomic E-state index is -1.96. The third kappa shape index (κ3) is 12.1. The standard InChI is InChI=1S/C29H34N4O4SSi.C22H18N4O4S/c1-18(28(35)36-5)32-27(34)20-13-11-19(12-14-20)24-16-23-25(38-24)26(31-17-30-23)33-21-9-8-10-22(15-21)37-39(6,7)29(2,3)4;1-12(22(29)30)25-21(28)14-7-5-13(6-8-14)18-10-17-19(31-18)20(24-11-23-17)26-15-3-2-4-16(27)9-15/h8-18H,1-7H3,(H,32,34)(H,30,31,33);2-12,27H,1H3,(H,25,28)(H,29,30)(H,23,24,26). The second-order valence-corrected chi connectivity index (χ2v) is 24.5. The molecule has 0 aliphatic rings. The van der Waals surface area contributed by atoms with Crippen LogP contribution in [0, 0.1) is 0 Å². The van der Waals surface area contributed by atoms with Crippen LogP contribution in [0.25, 0.3) is 41.3 Å². The fourth-order valence-electron chi connectivity index (χ4n) is 6.54. The first-order valence-corrected chi connectivity index (χ1v) is 26.6. The van der Waals surface area contributed by atoms with Crippen molar-refractivity contribution in [2.75, 3.05) is 17.7 Å². The van der Waals surface area contributed by atoms with E-state index in [-0.39, 0.29) is 16.7 Å². The number of amides is 2. The molecule has 0 saturated heterocycles. The van der Waals surface area contributed by atoms with Crippen LogP contribution in [-0.4, -0.2) is 81.4 Å². The van der Waals surface area contributed by atoms with Gasteiger partial charge in [-0.25, -0.2) is 24.7 Å². The van der Waals surface area contributed by atoms with Crippen LogP contribution in [0.2, 0.25) is 18.1 Å². The summed E-state index contributed by atoms with van der Waals surface area (Å²) in [7, 11) is -0.672. The number of rotatable bonds is 14. The van der Waals surface area contributed by atoms with Crippen LogP contribution in [0.4, 0.5) is 23.0 Å². The number of thiophene rings is 2. The van der Waals surface area contributed by atoms with Crippen LogP contribution in [0.5, 0.6) is 11.5 Å². The van der Waals surface area contributed by atoms with Crippen LogP contribution in [0.15, 0.2) is 122 Å². The van der Waals surface area contributed by atoms with Crippen molar-refractivity contribution >= 4 is 98.2 Å². The molecule has 19 heteroatoms. The predicted molar refractivity (Wildman–Crippen MR) is 278 cm³/mol. The highest BCUT2D eigenvalue weighted by Crippen LogP contribution is 2.40. The molecule has 4 aromatic carbocycles. The van der Waals surface area contributed by atoms with E-state index in [9.17, 15) is 24.3 Å². The van der Waals surface area contributed by atoms with Gasteiger partial charge in [0.1, 0.15) is 36.2 Å². The van der Waals surface area contributed by atoms with Gasteiger partial charge in [-0.15, -0.1) is 22.7 Å². The van der Waals surface area contributed by atoms with Crippen molar-refractivity contribution < 1.29 is 38.6 Å². The van der Waals surface area contributed by atoms with Crippen molar-refractivity contribution in [1.82, 2.24) is 30.6 Å². The SMILES string of the molecule is CC(NC(=O)c1ccc(-c2cc3ncnc(Nc4cccc(O)c4)c3s2)cc1)C(=O)O.COC(=O)C(C)NC(=O)c1ccc(-c2cc3ncnc(Nc4cccc(O[Si](C)(C)C(C)(C)C)c4)c3s2)cc1. The number of methoxy groups -OCH3 is 1. The van der Waals surface area contributed by atoms with Crippen molar-refractivity contribution in [3.63, 3.8) is 0 Å². The molecule has 0 saturated carbocycles. The van der Waals surface area contributed by atoms with Crippen LogP contribution < -0.4 is 25.7 Å². The zero-order valence-corrected chi connectivity index (χ0v) is 42.3. The summed E-state index contributed by atoms with van der Waals surface area (Å²) in [6, 6.07) is 31.1. The van der Waals surface area contributed by atoms with Crippen molar-refractivity contribution in [2.45, 2.75) is 64.8 Å². The Labute approximate surface area is 413 Å². The van der Waals surface area contributed by atoms with Crippen molar-refractivity contribution in [2.24, 2.45) is 0 Å². The van der Waals surface area contributed by atoms with E-state index in [0.717, 1.165) is 52.8 Å². The second kappa shape index (κ2) is 21.3. The lowest BCUT2D eigenvalue weighted by molar-refractivity contribution is -0.142. The molecule has 4 heterocycles. The summed E-state index contributed by atoms with van der Waals surface area (Å²) in [5, 5.41) is 30.4. The first kappa shape index (κ1) is 50.1. The number of aromatic nitrogens is 4. The average molecular weight is 997 g/mol. The number of anilines is 4. The largest absolute Gasteiger partial charge is 0.543 e. The number of aromatic hydroxyl groups is 1. The normalized spacial score (nSPS) is 12.2. The van der Waals surface area contributed by atoms with Gasteiger partial charge in [0, 0.05) is 44.4 Å². The van der Waals surface area contributed by atoms with E-state index in [0.29, 0.717) is 28.5 Å². The molecule has 4 aromatic heterocycles. The molecule has 70 heavy (non-hydrogen) atoms. The number of carboxylic acid groups (broad SMARTS) is 1. The molecule has 8 aromatic rings. The first-order valence-electron chi connectivity index (χ1n) is 22.0. The topological polar surface area (TPSA) is 227 Å². The van der Waals surface area contributed by atoms with Gasteiger partial charge in [-0.05, 0) is 104 Å². The van der Waals surface area contributed by atoms with E-state index < -0.39 is 38.2 Å². The van der Waals surface area contributed by atoms with Crippen LogP contribution >= 0.6 is 22.7 Å². The Hall–Kier alpha value is -7.74. The molecule has 2 unspecified atom stereocenters. The maximum Gasteiger partial charge on any atom is 0.328 e. The highest BCUT2D eigenvalue weighted by atomic mass is 32.1. The number of phenolic OH excluding ortho intramolecular Hbond substituents is 1. The van der Waals surface area contributed by atoms with Gasteiger partial charge in [-0.3, -0.25) is 14.4 Å². The van der Waals surface area contributed by atoms with Crippen LogP contribution in [0.3, 0.4) is 0 Å². The van der Waals surface area contributed by atoms with Gasteiger partial charge in [0.15, 0.2) is 11.6 Å². The van der Waals surface area contributed by atoms with Gasteiger partial charge in [0.05, 0.1) is 27.5 Å². The Morgan fingerprint density at radius 3 is 1.57 bits per heavy atom. The molecule has 0 spiro atoms. The number of fused-ring (bicyclic) bond motifs is 2. The highest BCUT2D eigenvalue weighted by molar-refractivity contribution is 7.23. The second-order valence-electron chi connectivity index (χ2n) is 17.7. The Balaban J connectivity index is 0.000000212. The fraction of sp³-hybridized carbons (Fsp3) is 0.216. The number of hydrogen-bond donors (Lipinski definition) is 6. The number of benzene rings is 4. The number of carboxylic acids is 1. The molecule has 0 bridgehead atoms. The lowest BCUT2D eigenvalue weighted by atomic mass is 10.1. The molecule has 0 aliphatic heterocycles. The molecule has 0 fully saturated rings. The van der Waals surface area contributed by atoms with Gasteiger partial charge < -0.3 is 40.6 Å². The Bertz CT molecular complexity index is 3190. The molecule has 2 atom stereocenters. The highest BCUT2D eigenvalue weighted by Gasteiger charge is 2.39. The Morgan fingerprint density at radius 1 is 0.643 bits per heavy atom. The third-order valence-corrected chi connectivity index (χ3v) is 18.2. The smallest absolute Gasteiger partial charge is 0.328 e. The lowest BCUT2D eigenvalue weighted by Gasteiger charge is -2.36. The summed E-state index contributed by atoms with van der Waals surface area (Å²) in [5.41, 5.74) is 5.88. The number of ether oxygens (including phenoxy) is 1. The van der Waals surface area contributed by atoms with Gasteiger partial charge >= 0.3 is 11.9 Å². The molecule has 360 valence electrons. The minimum absolute atomic E-state index is 0.103. The van der Waals surface area contributed by atoms with E-state index in [1.165, 1.54) is 31.7 Å². The predicted octanol–water partition coefficient (Wildman–Crippen LogP) is 10.8. The number of aliphatic carboxylic acids is 1. The molecule has 2 amide bonds. The first-order chi connectivity index (χ1) is 33.3. The van der Waals surface area contributed by atoms with E-state index in [1.807, 2.05) is 54.6 Å². The van der Waals surface area contributed by atoms with Crippen molar-refractivity contribution in [3.8, 4) is 32.4 Å². The summed E-state index contributed by atoms with van der Waals surface area (Å²) < 4.78 is 12.9. The Morgan fingerprint density at radius 2 is 1.11 bits per heavy atom. The zero-order valence-electron chi connectivity index (χ0n) is 39.7. The number of hydrogen-bond acceptors (Lipinski definition) is 15. The summed E-state index contributed by atoms with van der Waals surface area (Å²) >= 11 is 3.07. The van der Waals surface area contributed by atoms with Gasteiger partial charge in [-0.2, -0.15) is 0 Å². The molecule has 0 radical (unpaired) electrons. The number of phenols is 1. The maximum atomic E-state index is 12.5. The third-order valence-electron chi connectivity index (χ3n) is 11.5. The monoisotopic (exact) mass is 996 g/mol. The van der Waals surface area contributed by atoms with E-state index >= 15 is 0 Å². The van der Waals surface area contributed by atoms with E-state index in [1.54, 1.807) is 79.2 Å². The molecule has 8 rings (SSSR count). The average Bonchev–Trinajstić information content (AvgIpc) is 3.98. The number of carbonyl (C=O) groups is 4. The van der Waals surface area contributed by atoms with E-state index in [2.05, 4.69) is 79.8 Å². The number of nitrogens with one attached hydrogen (secondary N) is 4. The molecule has 6 N–H and O–H groups in total. The summed E-state index contributed by atoms with van der Waals surface area (Å²) in [6.07, 6.45) is 3.02. The van der Waals surface area contributed by atoms with Crippen molar-refractivity contribution in [3.05, 3.63) is 133 Å².